The van der Waals surface area contributed by atoms with Crippen LogP contribution in [0.4, 0.5) is 0 Å². The maximum absolute atomic E-state index is 11.5. The molecule has 7 heteroatoms. The van der Waals surface area contributed by atoms with Crippen molar-refractivity contribution in [2.75, 3.05) is 19.3 Å². The van der Waals surface area contributed by atoms with E-state index >= 15 is 0 Å². The van der Waals surface area contributed by atoms with E-state index in [1.165, 1.54) is 24.0 Å². The Morgan fingerprint density at radius 2 is 1.79 bits per heavy atom. The summed E-state index contributed by atoms with van der Waals surface area (Å²) in [5.41, 5.74) is 2.07. The average molecular weight is 437 g/mol. The smallest absolute Gasteiger partial charge is 0.175 e. The van der Waals surface area contributed by atoms with Gasteiger partial charge in [0.05, 0.1) is 15.6 Å². The minimum Gasteiger partial charge on any atom is -0.487 e. The van der Waals surface area contributed by atoms with Crippen LogP contribution in [0.2, 0.25) is 5.02 Å². The molecule has 0 atom stereocenters. The first-order valence-corrected chi connectivity index (χ1v) is 12.1. The summed E-state index contributed by atoms with van der Waals surface area (Å²) in [7, 11) is -3.21. The fourth-order valence-electron chi connectivity index (χ4n) is 3.63. The van der Waals surface area contributed by atoms with E-state index < -0.39 is 9.84 Å². The predicted octanol–water partition coefficient (Wildman–Crippen LogP) is 4.70. The van der Waals surface area contributed by atoms with Crippen LogP contribution in [-0.4, -0.2) is 43.2 Å². The van der Waals surface area contributed by atoms with E-state index in [1.807, 2.05) is 12.3 Å². The standard InChI is InChI=1S/C22H29ClN2O3S/c1-22(2,3)25-11-9-16(10-12-25)17-13-20(23)21(24-14-17)15-28-18-5-7-19(8-6-18)29(4,26)27/h5-8,13-14,16H,9-12,15H2,1-4H3. The number of hydrogen-bond donors (Lipinski definition) is 0. The third kappa shape index (κ3) is 5.71. The summed E-state index contributed by atoms with van der Waals surface area (Å²) in [6, 6.07) is 8.36. The number of benzene rings is 1. The van der Waals surface area contributed by atoms with E-state index in [0.29, 0.717) is 22.4 Å². The lowest BCUT2D eigenvalue weighted by Crippen LogP contribution is -2.45. The molecule has 0 aliphatic carbocycles. The lowest BCUT2D eigenvalue weighted by Gasteiger charge is -2.41. The SMILES string of the molecule is CC(C)(C)N1CCC(c2cnc(COc3ccc(S(C)(=O)=O)cc3)c(Cl)c2)CC1. The van der Waals surface area contributed by atoms with E-state index in [0.717, 1.165) is 25.9 Å². The summed E-state index contributed by atoms with van der Waals surface area (Å²) in [4.78, 5) is 7.32. The van der Waals surface area contributed by atoms with Crippen LogP contribution in [0.1, 0.15) is 50.8 Å². The topological polar surface area (TPSA) is 59.5 Å². The fraction of sp³-hybridized carbons (Fsp3) is 0.500. The number of nitrogens with zero attached hydrogens (tertiary/aromatic N) is 2. The molecule has 0 N–H and O–H groups in total. The van der Waals surface area contributed by atoms with Gasteiger partial charge in [-0.05, 0) is 88.5 Å². The molecule has 1 aromatic heterocycles. The third-order valence-electron chi connectivity index (χ3n) is 5.48. The van der Waals surface area contributed by atoms with E-state index in [-0.39, 0.29) is 17.0 Å². The molecule has 3 rings (SSSR count). The first-order valence-electron chi connectivity index (χ1n) is 9.86. The van der Waals surface area contributed by atoms with Crippen LogP contribution < -0.4 is 4.74 Å². The van der Waals surface area contributed by atoms with Gasteiger partial charge in [-0.1, -0.05) is 11.6 Å². The van der Waals surface area contributed by atoms with Crippen LogP contribution in [0.3, 0.4) is 0 Å². The van der Waals surface area contributed by atoms with Crippen LogP contribution in [-0.2, 0) is 16.4 Å². The Hall–Kier alpha value is -1.63. The van der Waals surface area contributed by atoms with Crippen LogP contribution in [0.25, 0.3) is 0 Å². The number of pyridine rings is 1. The van der Waals surface area contributed by atoms with Crippen molar-refractivity contribution in [3.63, 3.8) is 0 Å². The number of likely N-dealkylation sites (tertiary alicyclic amines) is 1. The highest BCUT2D eigenvalue weighted by atomic mass is 35.5. The molecule has 0 radical (unpaired) electrons. The van der Waals surface area contributed by atoms with Gasteiger partial charge in [0.1, 0.15) is 12.4 Å². The molecule has 0 saturated carbocycles. The Kier molecular flexibility index (Phi) is 6.56. The first kappa shape index (κ1) is 22.1. The zero-order valence-electron chi connectivity index (χ0n) is 17.5. The van der Waals surface area contributed by atoms with Crippen molar-refractivity contribution in [3.05, 3.63) is 52.8 Å². The first-order chi connectivity index (χ1) is 13.5. The van der Waals surface area contributed by atoms with Crippen molar-refractivity contribution in [1.82, 2.24) is 9.88 Å². The van der Waals surface area contributed by atoms with Crippen molar-refractivity contribution in [3.8, 4) is 5.75 Å². The van der Waals surface area contributed by atoms with Gasteiger partial charge >= 0.3 is 0 Å². The van der Waals surface area contributed by atoms with Crippen molar-refractivity contribution >= 4 is 21.4 Å². The average Bonchev–Trinajstić information content (AvgIpc) is 2.66. The van der Waals surface area contributed by atoms with E-state index in [9.17, 15) is 8.42 Å². The molecule has 0 bridgehead atoms. The molecule has 2 heterocycles. The number of sulfone groups is 1. The Morgan fingerprint density at radius 3 is 2.31 bits per heavy atom. The Labute approximate surface area is 179 Å². The van der Waals surface area contributed by atoms with E-state index in [2.05, 4.69) is 30.7 Å². The van der Waals surface area contributed by atoms with Gasteiger partial charge in [-0.25, -0.2) is 8.42 Å². The highest BCUT2D eigenvalue weighted by molar-refractivity contribution is 7.90. The maximum Gasteiger partial charge on any atom is 0.175 e. The molecular formula is C22H29ClN2O3S. The number of halogens is 1. The van der Waals surface area contributed by atoms with Crippen LogP contribution in [0.15, 0.2) is 41.4 Å². The molecule has 0 unspecified atom stereocenters. The second-order valence-corrected chi connectivity index (χ2v) is 11.1. The van der Waals surface area contributed by atoms with Gasteiger partial charge in [-0.15, -0.1) is 0 Å². The molecule has 158 valence electrons. The molecule has 5 nitrogen and oxygen atoms in total. The van der Waals surface area contributed by atoms with Crippen LogP contribution in [0.5, 0.6) is 5.75 Å². The monoisotopic (exact) mass is 436 g/mol. The third-order valence-corrected chi connectivity index (χ3v) is 6.94. The summed E-state index contributed by atoms with van der Waals surface area (Å²) in [5, 5.41) is 0.605. The summed E-state index contributed by atoms with van der Waals surface area (Å²) < 4.78 is 28.8. The highest BCUT2D eigenvalue weighted by Gasteiger charge is 2.28. The number of piperidine rings is 1. The summed E-state index contributed by atoms with van der Waals surface area (Å²) in [6.45, 7) is 9.18. The molecule has 0 amide bonds. The van der Waals surface area contributed by atoms with E-state index in [1.54, 1.807) is 12.1 Å². The lowest BCUT2D eigenvalue weighted by molar-refractivity contribution is 0.102. The summed E-state index contributed by atoms with van der Waals surface area (Å²) >= 11 is 6.47. The molecule has 0 spiro atoms. The van der Waals surface area contributed by atoms with Gasteiger partial charge in [0, 0.05) is 18.0 Å². The van der Waals surface area contributed by atoms with Gasteiger partial charge in [0.25, 0.3) is 0 Å². The zero-order chi connectivity index (χ0) is 21.2. The molecule has 1 aliphatic heterocycles. The number of ether oxygens (including phenoxy) is 1. The second-order valence-electron chi connectivity index (χ2n) is 8.66. The molecule has 1 aromatic carbocycles. The quantitative estimate of drug-likeness (QED) is 0.680. The maximum atomic E-state index is 11.5. The molecule has 29 heavy (non-hydrogen) atoms. The minimum absolute atomic E-state index is 0.210. The summed E-state index contributed by atoms with van der Waals surface area (Å²) in [5.74, 6) is 1.06. The Balaban J connectivity index is 1.60. The minimum atomic E-state index is -3.21. The molecule has 1 aliphatic rings. The van der Waals surface area contributed by atoms with Crippen molar-refractivity contribution in [2.45, 2.75) is 56.6 Å². The van der Waals surface area contributed by atoms with Gasteiger partial charge in [-0.2, -0.15) is 0 Å². The van der Waals surface area contributed by atoms with Crippen molar-refractivity contribution in [2.24, 2.45) is 0 Å². The molecule has 1 fully saturated rings. The molecule has 1 saturated heterocycles. The largest absolute Gasteiger partial charge is 0.487 e. The predicted molar refractivity (Wildman–Crippen MR) is 116 cm³/mol. The van der Waals surface area contributed by atoms with Gasteiger partial charge in [0.2, 0.25) is 0 Å². The normalized spacial score (nSPS) is 16.7. The number of hydrogen-bond acceptors (Lipinski definition) is 5. The highest BCUT2D eigenvalue weighted by Crippen LogP contribution is 2.32. The van der Waals surface area contributed by atoms with Gasteiger partial charge in [0.15, 0.2) is 9.84 Å². The van der Waals surface area contributed by atoms with Crippen LogP contribution >= 0.6 is 11.6 Å². The summed E-state index contributed by atoms with van der Waals surface area (Å²) in [6.07, 6.45) is 5.31. The van der Waals surface area contributed by atoms with Crippen LogP contribution in [0, 0.1) is 0 Å². The molecular weight excluding hydrogens is 408 g/mol. The molecule has 2 aromatic rings. The lowest BCUT2D eigenvalue weighted by atomic mass is 9.88. The van der Waals surface area contributed by atoms with Gasteiger partial charge < -0.3 is 4.74 Å². The van der Waals surface area contributed by atoms with Crippen molar-refractivity contribution < 1.29 is 13.2 Å². The van der Waals surface area contributed by atoms with E-state index in [4.69, 9.17) is 16.3 Å². The Bertz CT molecular complexity index is 945. The Morgan fingerprint density at radius 1 is 1.17 bits per heavy atom. The second kappa shape index (κ2) is 8.62. The number of aromatic nitrogens is 1. The van der Waals surface area contributed by atoms with Crippen molar-refractivity contribution in [1.29, 1.82) is 0 Å². The fourth-order valence-corrected chi connectivity index (χ4v) is 4.49. The van der Waals surface area contributed by atoms with Gasteiger partial charge in [-0.3, -0.25) is 9.88 Å². The number of rotatable bonds is 5. The zero-order valence-corrected chi connectivity index (χ0v) is 19.1.